The molecule has 0 saturated carbocycles. The van der Waals surface area contributed by atoms with E-state index in [0.717, 1.165) is 5.56 Å². The molecule has 0 aliphatic heterocycles. The number of rotatable bonds is 2. The summed E-state index contributed by atoms with van der Waals surface area (Å²) in [5.74, 6) is 0. The summed E-state index contributed by atoms with van der Waals surface area (Å²) in [4.78, 5) is 0. The van der Waals surface area contributed by atoms with E-state index in [-0.39, 0.29) is 18.4 Å². The molecular formula is C12H17ClN2. The van der Waals surface area contributed by atoms with Crippen molar-refractivity contribution in [3.8, 4) is 6.07 Å². The van der Waals surface area contributed by atoms with Gasteiger partial charge < -0.3 is 5.73 Å². The van der Waals surface area contributed by atoms with E-state index in [1.54, 1.807) is 0 Å². The lowest BCUT2D eigenvalue weighted by atomic mass is 9.93. The molecule has 0 unspecified atom stereocenters. The van der Waals surface area contributed by atoms with Crippen LogP contribution < -0.4 is 5.73 Å². The molecule has 1 rings (SSSR count). The third-order valence-corrected chi connectivity index (χ3v) is 2.42. The zero-order valence-corrected chi connectivity index (χ0v) is 10.2. The molecule has 15 heavy (non-hydrogen) atoms. The van der Waals surface area contributed by atoms with Crippen molar-refractivity contribution in [3.05, 3.63) is 34.4 Å². The van der Waals surface area contributed by atoms with Gasteiger partial charge in [0, 0.05) is 6.04 Å². The van der Waals surface area contributed by atoms with Crippen molar-refractivity contribution in [2.75, 3.05) is 0 Å². The summed E-state index contributed by atoms with van der Waals surface area (Å²) in [6.45, 7) is 6.17. The number of hydrogen-bond acceptors (Lipinski definition) is 2. The van der Waals surface area contributed by atoms with E-state index < -0.39 is 0 Å². The molecule has 0 radical (unpaired) electrons. The smallest absolute Gasteiger partial charge is 0.0641 e. The fraction of sp³-hybridized carbons (Fsp3) is 0.417. The highest BCUT2D eigenvalue weighted by molar-refractivity contribution is 5.85. The SMILES string of the molecule is Cc1cc(C)c([C@@H](N)CC#N)c(C)c1.Cl. The average molecular weight is 225 g/mol. The predicted molar refractivity (Wildman–Crippen MR) is 65.1 cm³/mol. The van der Waals surface area contributed by atoms with Crippen LogP contribution in [-0.4, -0.2) is 0 Å². The Labute approximate surface area is 97.5 Å². The van der Waals surface area contributed by atoms with Crippen LogP contribution >= 0.6 is 12.4 Å². The van der Waals surface area contributed by atoms with Crippen molar-refractivity contribution >= 4 is 12.4 Å². The Bertz CT molecular complexity index is 357. The van der Waals surface area contributed by atoms with Crippen LogP contribution in [0.3, 0.4) is 0 Å². The number of nitrogens with zero attached hydrogens (tertiary/aromatic N) is 1. The minimum atomic E-state index is -0.152. The summed E-state index contributed by atoms with van der Waals surface area (Å²) in [5.41, 5.74) is 10.7. The number of nitriles is 1. The molecule has 1 aromatic rings. The van der Waals surface area contributed by atoms with E-state index in [1.807, 2.05) is 13.8 Å². The largest absolute Gasteiger partial charge is 0.323 e. The topological polar surface area (TPSA) is 49.8 Å². The number of aryl methyl sites for hydroxylation is 3. The van der Waals surface area contributed by atoms with Gasteiger partial charge in [0.25, 0.3) is 0 Å². The second-order valence-corrected chi connectivity index (χ2v) is 3.78. The van der Waals surface area contributed by atoms with Crippen molar-refractivity contribution in [1.82, 2.24) is 0 Å². The Hall–Kier alpha value is -1.04. The van der Waals surface area contributed by atoms with Gasteiger partial charge in [0.05, 0.1) is 12.5 Å². The molecule has 82 valence electrons. The third-order valence-electron chi connectivity index (χ3n) is 2.42. The normalized spacial score (nSPS) is 11.4. The van der Waals surface area contributed by atoms with Crippen LogP contribution in [0.4, 0.5) is 0 Å². The molecule has 0 aromatic heterocycles. The van der Waals surface area contributed by atoms with Gasteiger partial charge in [-0.15, -0.1) is 12.4 Å². The molecule has 0 aliphatic rings. The minimum Gasteiger partial charge on any atom is -0.323 e. The molecule has 0 amide bonds. The van der Waals surface area contributed by atoms with Crippen LogP contribution in [0.15, 0.2) is 12.1 Å². The monoisotopic (exact) mass is 224 g/mol. The fourth-order valence-corrected chi connectivity index (χ4v) is 1.98. The second kappa shape index (κ2) is 5.75. The van der Waals surface area contributed by atoms with Gasteiger partial charge in [0.1, 0.15) is 0 Å². The van der Waals surface area contributed by atoms with E-state index in [0.29, 0.717) is 6.42 Å². The maximum atomic E-state index is 8.60. The quantitative estimate of drug-likeness (QED) is 0.840. The molecule has 0 bridgehead atoms. The van der Waals surface area contributed by atoms with Crippen LogP contribution in [0.1, 0.15) is 34.7 Å². The standard InChI is InChI=1S/C12H16N2.ClH/c1-8-6-9(2)12(10(3)7-8)11(14)4-5-13;/h6-7,11H,4,14H2,1-3H3;1H/t11-;/m0./s1. The van der Waals surface area contributed by atoms with Crippen LogP contribution in [-0.2, 0) is 0 Å². The summed E-state index contributed by atoms with van der Waals surface area (Å²) in [6.07, 6.45) is 0.380. The molecule has 0 spiro atoms. The second-order valence-electron chi connectivity index (χ2n) is 3.78. The highest BCUT2D eigenvalue weighted by Gasteiger charge is 2.11. The van der Waals surface area contributed by atoms with Gasteiger partial charge >= 0.3 is 0 Å². The van der Waals surface area contributed by atoms with Gasteiger partial charge in [-0.05, 0) is 37.5 Å². The first-order valence-electron chi connectivity index (χ1n) is 4.76. The molecule has 1 aromatic carbocycles. The maximum Gasteiger partial charge on any atom is 0.0641 e. The predicted octanol–water partition coefficient (Wildman–Crippen LogP) is 2.95. The summed E-state index contributed by atoms with van der Waals surface area (Å²) >= 11 is 0. The Kier molecular flexibility index (Phi) is 5.35. The van der Waals surface area contributed by atoms with E-state index >= 15 is 0 Å². The molecule has 2 N–H and O–H groups in total. The van der Waals surface area contributed by atoms with Crippen molar-refractivity contribution in [2.24, 2.45) is 5.73 Å². The van der Waals surface area contributed by atoms with Crippen LogP contribution in [0.2, 0.25) is 0 Å². The molecule has 0 saturated heterocycles. The fourth-order valence-electron chi connectivity index (χ4n) is 1.98. The van der Waals surface area contributed by atoms with Gasteiger partial charge in [0.15, 0.2) is 0 Å². The lowest BCUT2D eigenvalue weighted by Crippen LogP contribution is -2.12. The molecule has 0 heterocycles. The first-order valence-corrected chi connectivity index (χ1v) is 4.76. The van der Waals surface area contributed by atoms with Crippen molar-refractivity contribution in [1.29, 1.82) is 5.26 Å². The highest BCUT2D eigenvalue weighted by atomic mass is 35.5. The number of halogens is 1. The number of hydrogen-bond donors (Lipinski definition) is 1. The van der Waals surface area contributed by atoms with Crippen LogP contribution in [0.5, 0.6) is 0 Å². The van der Waals surface area contributed by atoms with Crippen molar-refractivity contribution in [3.63, 3.8) is 0 Å². The van der Waals surface area contributed by atoms with Gasteiger partial charge in [-0.2, -0.15) is 5.26 Å². The summed E-state index contributed by atoms with van der Waals surface area (Å²) in [7, 11) is 0. The Morgan fingerprint density at radius 2 is 1.73 bits per heavy atom. The van der Waals surface area contributed by atoms with Crippen molar-refractivity contribution in [2.45, 2.75) is 33.2 Å². The van der Waals surface area contributed by atoms with Gasteiger partial charge in [-0.1, -0.05) is 17.7 Å². The average Bonchev–Trinajstić information content (AvgIpc) is 2.01. The molecule has 0 fully saturated rings. The van der Waals surface area contributed by atoms with Gasteiger partial charge in [-0.25, -0.2) is 0 Å². The van der Waals surface area contributed by atoms with Gasteiger partial charge in [-0.3, -0.25) is 0 Å². The first-order chi connectivity index (χ1) is 6.56. The minimum absolute atomic E-state index is 0. The van der Waals surface area contributed by atoms with E-state index in [4.69, 9.17) is 11.0 Å². The van der Waals surface area contributed by atoms with E-state index in [2.05, 4.69) is 25.1 Å². The highest BCUT2D eigenvalue weighted by Crippen LogP contribution is 2.23. The Balaban J connectivity index is 0.00000196. The van der Waals surface area contributed by atoms with Crippen LogP contribution in [0.25, 0.3) is 0 Å². The molecule has 0 aliphatic carbocycles. The lowest BCUT2D eigenvalue weighted by molar-refractivity contribution is 0.736. The van der Waals surface area contributed by atoms with Crippen molar-refractivity contribution < 1.29 is 0 Å². The number of nitrogens with two attached hydrogens (primary N) is 1. The zero-order valence-electron chi connectivity index (χ0n) is 9.37. The Morgan fingerprint density at radius 1 is 1.27 bits per heavy atom. The van der Waals surface area contributed by atoms with Crippen LogP contribution in [0, 0.1) is 32.1 Å². The molecule has 1 atom stereocenters. The van der Waals surface area contributed by atoms with E-state index in [1.165, 1.54) is 16.7 Å². The summed E-state index contributed by atoms with van der Waals surface area (Å²) in [5, 5.41) is 8.60. The Morgan fingerprint density at radius 3 is 2.13 bits per heavy atom. The first kappa shape index (κ1) is 14.0. The summed E-state index contributed by atoms with van der Waals surface area (Å²) < 4.78 is 0. The summed E-state index contributed by atoms with van der Waals surface area (Å²) in [6, 6.07) is 6.18. The molecule has 2 nitrogen and oxygen atoms in total. The lowest BCUT2D eigenvalue weighted by Gasteiger charge is -2.15. The van der Waals surface area contributed by atoms with Gasteiger partial charge in [0.2, 0.25) is 0 Å². The van der Waals surface area contributed by atoms with E-state index in [9.17, 15) is 0 Å². The molecular weight excluding hydrogens is 208 g/mol. The third kappa shape index (κ3) is 3.23. The molecule has 3 heteroatoms. The maximum absolute atomic E-state index is 8.60. The number of benzene rings is 1. The zero-order chi connectivity index (χ0) is 10.7.